The lowest BCUT2D eigenvalue weighted by Gasteiger charge is -2.40. The molecular formula is C28H31ClN2O6. The monoisotopic (exact) mass is 526 g/mol. The van der Waals surface area contributed by atoms with Gasteiger partial charge in [-0.05, 0) is 75.8 Å². The first-order valence-electron chi connectivity index (χ1n) is 13.0. The van der Waals surface area contributed by atoms with Crippen molar-refractivity contribution in [1.82, 2.24) is 10.1 Å². The molecule has 0 unspecified atom stereocenters. The lowest BCUT2D eigenvalue weighted by Crippen LogP contribution is -2.44. The molecule has 3 fully saturated rings. The minimum atomic E-state index is -1.20. The predicted molar refractivity (Wildman–Crippen MR) is 134 cm³/mol. The summed E-state index contributed by atoms with van der Waals surface area (Å²) in [7, 11) is 0. The van der Waals surface area contributed by atoms with Gasteiger partial charge in [-0.25, -0.2) is 4.98 Å². The Kier molecular flexibility index (Phi) is 6.17. The predicted octanol–water partition coefficient (Wildman–Crippen LogP) is 5.70. The molecule has 6 rings (SSSR count). The van der Waals surface area contributed by atoms with Gasteiger partial charge < -0.3 is 23.9 Å². The molecule has 3 aliphatic rings. The van der Waals surface area contributed by atoms with Gasteiger partial charge in [0.15, 0.2) is 0 Å². The fraction of sp³-hybridized carbons (Fsp3) is 0.536. The number of ether oxygens (including phenoxy) is 1. The van der Waals surface area contributed by atoms with Crippen molar-refractivity contribution in [2.24, 2.45) is 11.8 Å². The van der Waals surface area contributed by atoms with Crippen molar-refractivity contribution in [3.8, 4) is 11.3 Å². The van der Waals surface area contributed by atoms with Crippen LogP contribution in [0.5, 0.6) is 0 Å². The van der Waals surface area contributed by atoms with Gasteiger partial charge in [0, 0.05) is 17.0 Å². The fourth-order valence-corrected chi connectivity index (χ4v) is 6.66. The first kappa shape index (κ1) is 24.6. The third kappa shape index (κ3) is 4.29. The van der Waals surface area contributed by atoms with E-state index >= 15 is 0 Å². The molecule has 9 heteroatoms. The summed E-state index contributed by atoms with van der Waals surface area (Å²) in [4.78, 5) is 15.6. The number of hydrogen-bond donors (Lipinski definition) is 2. The minimum absolute atomic E-state index is 0.0329. The smallest absolute Gasteiger partial charge is 0.309 e. The summed E-state index contributed by atoms with van der Waals surface area (Å²) in [6.07, 6.45) is 4.96. The molecule has 37 heavy (non-hydrogen) atoms. The van der Waals surface area contributed by atoms with E-state index in [1.807, 2.05) is 25.1 Å². The second-order valence-corrected chi connectivity index (χ2v) is 11.3. The molecule has 0 amide bonds. The van der Waals surface area contributed by atoms with Gasteiger partial charge in [0.05, 0.1) is 29.8 Å². The van der Waals surface area contributed by atoms with Crippen molar-refractivity contribution in [2.75, 3.05) is 0 Å². The van der Waals surface area contributed by atoms with Crippen LogP contribution < -0.4 is 0 Å². The molecule has 8 nitrogen and oxygen atoms in total. The number of aliphatic carboxylic acids is 1. The number of carboxylic acids is 1. The first-order valence-corrected chi connectivity index (χ1v) is 13.4. The van der Waals surface area contributed by atoms with Crippen LogP contribution in [0.4, 0.5) is 0 Å². The maximum Gasteiger partial charge on any atom is 0.309 e. The third-order valence-electron chi connectivity index (χ3n) is 8.45. The van der Waals surface area contributed by atoms with Crippen LogP contribution in [0.1, 0.15) is 78.7 Å². The van der Waals surface area contributed by atoms with E-state index < -0.39 is 11.6 Å². The Labute approximate surface area is 220 Å². The molecule has 0 aliphatic heterocycles. The summed E-state index contributed by atoms with van der Waals surface area (Å²) in [5.74, 6) is 0.866. The summed E-state index contributed by atoms with van der Waals surface area (Å²) >= 11 is 6.57. The number of aliphatic hydroxyl groups is 1. The molecule has 2 bridgehead atoms. The number of hydrogen-bond acceptors (Lipinski definition) is 7. The highest BCUT2D eigenvalue weighted by molar-refractivity contribution is 6.33. The van der Waals surface area contributed by atoms with Crippen LogP contribution in [0.25, 0.3) is 11.3 Å². The molecule has 2 heterocycles. The van der Waals surface area contributed by atoms with Crippen LogP contribution in [0.15, 0.2) is 27.1 Å². The topological polar surface area (TPSA) is 119 Å². The number of halogens is 1. The number of rotatable bonds is 8. The quantitative estimate of drug-likeness (QED) is 0.384. The summed E-state index contributed by atoms with van der Waals surface area (Å²) in [5, 5.41) is 26.0. The van der Waals surface area contributed by atoms with Crippen LogP contribution in [-0.2, 0) is 28.2 Å². The van der Waals surface area contributed by atoms with Crippen molar-refractivity contribution in [1.29, 1.82) is 0 Å². The van der Waals surface area contributed by atoms with Gasteiger partial charge in [0.25, 0.3) is 0 Å². The molecule has 4 atom stereocenters. The first-order chi connectivity index (χ1) is 17.8. The second-order valence-electron chi connectivity index (χ2n) is 10.9. The SMILES string of the molecule is Cc1cccc(Cl)c1-c1noc(C2CC2)c1CO[C@@H]1C[C@H]2CC[C@@H](C1)[C@]2(O)c1nc(CC(=O)O)c(C)o1. The van der Waals surface area contributed by atoms with Gasteiger partial charge in [0.1, 0.15) is 22.8 Å². The number of carboxylic acid groups (broad SMARTS) is 1. The third-order valence-corrected chi connectivity index (χ3v) is 8.76. The average Bonchev–Trinajstić information content (AvgIpc) is 3.48. The van der Waals surface area contributed by atoms with Crippen LogP contribution in [0.3, 0.4) is 0 Å². The molecule has 2 aromatic heterocycles. The Hall–Kier alpha value is -2.68. The maximum absolute atomic E-state index is 11.8. The number of nitrogens with zero attached hydrogens (tertiary/aromatic N) is 2. The number of aryl methyl sites for hydroxylation is 2. The van der Waals surface area contributed by atoms with E-state index in [1.54, 1.807) is 6.92 Å². The zero-order chi connectivity index (χ0) is 25.9. The molecule has 0 spiro atoms. The molecule has 3 saturated carbocycles. The van der Waals surface area contributed by atoms with Crippen molar-refractivity contribution in [2.45, 2.75) is 83.0 Å². The Morgan fingerprint density at radius 1 is 1.19 bits per heavy atom. The van der Waals surface area contributed by atoms with Crippen LogP contribution in [0.2, 0.25) is 5.02 Å². The van der Waals surface area contributed by atoms with E-state index in [0.29, 0.717) is 41.8 Å². The zero-order valence-electron chi connectivity index (χ0n) is 21.0. The van der Waals surface area contributed by atoms with E-state index in [1.165, 1.54) is 0 Å². The Balaban J connectivity index is 1.21. The molecule has 3 aromatic rings. The largest absolute Gasteiger partial charge is 0.481 e. The number of fused-ring (bicyclic) bond motifs is 2. The zero-order valence-corrected chi connectivity index (χ0v) is 21.8. The summed E-state index contributed by atoms with van der Waals surface area (Å²) < 4.78 is 18.1. The van der Waals surface area contributed by atoms with Crippen LogP contribution in [-0.4, -0.2) is 32.4 Å². The van der Waals surface area contributed by atoms with E-state index in [0.717, 1.165) is 53.8 Å². The van der Waals surface area contributed by atoms with E-state index in [2.05, 4.69) is 10.1 Å². The van der Waals surface area contributed by atoms with Gasteiger partial charge in [-0.15, -0.1) is 0 Å². The standard InChI is InChI=1S/C28H31ClN2O6/c1-14-4-3-5-21(29)24(14)25-20(26(37-31-25)16-6-7-16)13-35-19-10-17-8-9-18(11-19)28(17,34)27-30-22(12-23(32)33)15(2)36-27/h3-5,16-19,34H,6-13H2,1-2H3,(H,32,33)/t17-,18+,19-,28+. The van der Waals surface area contributed by atoms with Crippen molar-refractivity contribution >= 4 is 17.6 Å². The Morgan fingerprint density at radius 2 is 1.92 bits per heavy atom. The number of benzene rings is 1. The molecular weight excluding hydrogens is 496 g/mol. The minimum Gasteiger partial charge on any atom is -0.481 e. The second kappa shape index (κ2) is 9.26. The van der Waals surface area contributed by atoms with E-state index in [-0.39, 0.29) is 30.3 Å². The van der Waals surface area contributed by atoms with Gasteiger partial charge in [-0.3, -0.25) is 4.79 Å². The fourth-order valence-electron chi connectivity index (χ4n) is 6.35. The number of oxazole rings is 1. The van der Waals surface area contributed by atoms with Gasteiger partial charge in [0.2, 0.25) is 5.89 Å². The number of aromatic nitrogens is 2. The van der Waals surface area contributed by atoms with Crippen molar-refractivity contribution < 1.29 is 28.7 Å². The van der Waals surface area contributed by atoms with Crippen LogP contribution >= 0.6 is 11.6 Å². The highest BCUT2D eigenvalue weighted by Crippen LogP contribution is 2.56. The lowest BCUT2D eigenvalue weighted by atomic mass is 9.73. The maximum atomic E-state index is 11.8. The summed E-state index contributed by atoms with van der Waals surface area (Å²) in [6, 6.07) is 5.81. The van der Waals surface area contributed by atoms with E-state index in [4.69, 9.17) is 30.4 Å². The van der Waals surface area contributed by atoms with E-state index in [9.17, 15) is 9.90 Å². The van der Waals surface area contributed by atoms with Crippen molar-refractivity contribution in [3.05, 3.63) is 57.5 Å². The molecule has 2 N–H and O–H groups in total. The summed E-state index contributed by atoms with van der Waals surface area (Å²) in [5.41, 5.74) is 2.81. The van der Waals surface area contributed by atoms with Gasteiger partial charge >= 0.3 is 5.97 Å². The molecule has 0 radical (unpaired) electrons. The molecule has 0 saturated heterocycles. The molecule has 1 aromatic carbocycles. The normalized spacial score (nSPS) is 27.1. The van der Waals surface area contributed by atoms with Crippen molar-refractivity contribution in [3.63, 3.8) is 0 Å². The highest BCUT2D eigenvalue weighted by Gasteiger charge is 2.57. The number of carbonyl (C=O) groups is 1. The van der Waals surface area contributed by atoms with Gasteiger partial charge in [-0.2, -0.15) is 0 Å². The average molecular weight is 527 g/mol. The molecule has 196 valence electrons. The Bertz CT molecular complexity index is 1310. The molecule has 3 aliphatic carbocycles. The highest BCUT2D eigenvalue weighted by atomic mass is 35.5. The Morgan fingerprint density at radius 3 is 2.57 bits per heavy atom. The summed E-state index contributed by atoms with van der Waals surface area (Å²) in [6.45, 7) is 4.09. The van der Waals surface area contributed by atoms with Gasteiger partial charge in [-0.1, -0.05) is 28.9 Å². The van der Waals surface area contributed by atoms with Crippen LogP contribution in [0, 0.1) is 25.7 Å². The lowest BCUT2D eigenvalue weighted by molar-refractivity contribution is -0.136.